The summed E-state index contributed by atoms with van der Waals surface area (Å²) in [7, 11) is 1.85. The fraction of sp³-hybridized carbons (Fsp3) is 0.583. The predicted octanol–water partition coefficient (Wildman–Crippen LogP) is 2.22. The molecule has 2 aliphatic heterocycles. The van der Waals surface area contributed by atoms with Crippen molar-refractivity contribution in [3.8, 4) is 0 Å². The van der Waals surface area contributed by atoms with Gasteiger partial charge in [0.05, 0.1) is 6.04 Å². The van der Waals surface area contributed by atoms with E-state index in [0.717, 1.165) is 71.0 Å². The van der Waals surface area contributed by atoms with Crippen LogP contribution >= 0.6 is 0 Å². The summed E-state index contributed by atoms with van der Waals surface area (Å²) in [6.07, 6.45) is 5.36. The average Bonchev–Trinajstić information content (AvgIpc) is 3.47. The zero-order chi connectivity index (χ0) is 21.8. The molecular weight excluding hydrogens is 388 g/mol. The number of guanidine groups is 1. The van der Waals surface area contributed by atoms with Crippen molar-refractivity contribution in [1.29, 1.82) is 0 Å². The third-order valence-corrected chi connectivity index (χ3v) is 6.84. The second-order valence-electron chi connectivity index (χ2n) is 8.77. The van der Waals surface area contributed by atoms with Gasteiger partial charge in [0.1, 0.15) is 0 Å². The van der Waals surface area contributed by atoms with E-state index in [9.17, 15) is 4.79 Å². The van der Waals surface area contributed by atoms with Crippen molar-refractivity contribution < 1.29 is 4.79 Å². The molecule has 0 radical (unpaired) electrons. The van der Waals surface area contributed by atoms with E-state index in [1.807, 2.05) is 11.9 Å². The van der Waals surface area contributed by atoms with Crippen LogP contribution < -0.4 is 5.32 Å². The second-order valence-corrected chi connectivity index (χ2v) is 8.77. The predicted molar refractivity (Wildman–Crippen MR) is 127 cm³/mol. The second kappa shape index (κ2) is 9.73. The van der Waals surface area contributed by atoms with Crippen molar-refractivity contribution in [3.63, 3.8) is 0 Å². The minimum absolute atomic E-state index is 0.0273. The van der Waals surface area contributed by atoms with Gasteiger partial charge in [-0.2, -0.15) is 0 Å². The molecule has 3 heterocycles. The molecule has 4 rings (SSSR count). The quantitative estimate of drug-likeness (QED) is 0.571. The van der Waals surface area contributed by atoms with Gasteiger partial charge in [0.15, 0.2) is 5.96 Å². The molecule has 1 unspecified atom stereocenters. The fourth-order valence-corrected chi connectivity index (χ4v) is 4.89. The molecule has 0 saturated carbocycles. The molecule has 2 aromatic rings. The van der Waals surface area contributed by atoms with Crippen LogP contribution in [0, 0.1) is 6.92 Å². The molecule has 1 aromatic heterocycles. The van der Waals surface area contributed by atoms with Gasteiger partial charge in [-0.1, -0.05) is 18.2 Å². The van der Waals surface area contributed by atoms with E-state index in [-0.39, 0.29) is 6.04 Å². The summed E-state index contributed by atoms with van der Waals surface area (Å²) >= 11 is 0. The Morgan fingerprint density at radius 1 is 1.13 bits per heavy atom. The number of fused-ring (bicyclic) bond motifs is 1. The van der Waals surface area contributed by atoms with Crippen LogP contribution in [0.3, 0.4) is 0 Å². The first-order valence-corrected chi connectivity index (χ1v) is 11.6. The molecule has 2 aliphatic rings. The maximum absolute atomic E-state index is 12.7. The standard InChI is InChI=1S/C24H36N6O/c1-18-7-6-8-21-20(17-27-22(18)21)9-10-26-24(25-3)30-15-13-28(14-16-30)19(2)23(31)29-11-4-5-12-29/h6-8,17,19,27H,4-5,9-16H2,1-3H3,(H,25,26). The molecule has 2 fully saturated rings. The number of benzene rings is 1. The van der Waals surface area contributed by atoms with Crippen molar-refractivity contribution in [2.45, 2.75) is 39.2 Å². The number of aliphatic imine (C=N–C) groups is 1. The van der Waals surface area contributed by atoms with Crippen LogP contribution in [-0.4, -0.2) is 90.5 Å². The number of carbonyl (C=O) groups excluding carboxylic acids is 1. The van der Waals surface area contributed by atoms with E-state index in [1.54, 1.807) is 0 Å². The Labute approximate surface area is 185 Å². The molecule has 7 nitrogen and oxygen atoms in total. The first-order chi connectivity index (χ1) is 15.1. The van der Waals surface area contributed by atoms with Crippen molar-refractivity contribution in [1.82, 2.24) is 25.0 Å². The summed E-state index contributed by atoms with van der Waals surface area (Å²) < 4.78 is 0. The number of nitrogens with one attached hydrogen (secondary N) is 2. The largest absolute Gasteiger partial charge is 0.361 e. The van der Waals surface area contributed by atoms with Crippen molar-refractivity contribution >= 4 is 22.8 Å². The number of nitrogens with zero attached hydrogens (tertiary/aromatic N) is 4. The highest BCUT2D eigenvalue weighted by Gasteiger charge is 2.30. The third-order valence-electron chi connectivity index (χ3n) is 6.84. The molecule has 168 valence electrons. The number of carbonyl (C=O) groups is 1. The monoisotopic (exact) mass is 424 g/mol. The summed E-state index contributed by atoms with van der Waals surface area (Å²) in [4.78, 5) is 27.3. The highest BCUT2D eigenvalue weighted by atomic mass is 16.2. The van der Waals surface area contributed by atoms with Crippen LogP contribution in [0.5, 0.6) is 0 Å². The molecule has 31 heavy (non-hydrogen) atoms. The van der Waals surface area contributed by atoms with Crippen molar-refractivity contribution in [2.75, 3.05) is 52.9 Å². The summed E-state index contributed by atoms with van der Waals surface area (Å²) in [6.45, 7) is 10.5. The van der Waals surface area contributed by atoms with Gasteiger partial charge in [0.25, 0.3) is 0 Å². The number of likely N-dealkylation sites (tertiary alicyclic amines) is 1. The molecule has 0 aliphatic carbocycles. The summed E-state index contributed by atoms with van der Waals surface area (Å²) in [5.41, 5.74) is 3.85. The van der Waals surface area contributed by atoms with Gasteiger partial charge in [-0.25, -0.2) is 0 Å². The Hall–Kier alpha value is -2.54. The van der Waals surface area contributed by atoms with E-state index in [4.69, 9.17) is 0 Å². The van der Waals surface area contributed by atoms with Crippen LogP contribution in [0.4, 0.5) is 0 Å². The van der Waals surface area contributed by atoms with E-state index in [1.165, 1.54) is 22.0 Å². The van der Waals surface area contributed by atoms with Gasteiger partial charge >= 0.3 is 0 Å². The third kappa shape index (κ3) is 4.71. The molecule has 0 bridgehead atoms. The number of hydrogen-bond donors (Lipinski definition) is 2. The van der Waals surface area contributed by atoms with Crippen LogP contribution in [0.1, 0.15) is 30.9 Å². The molecule has 2 N–H and O–H groups in total. The highest BCUT2D eigenvalue weighted by molar-refractivity contribution is 5.86. The molecule has 7 heteroatoms. The molecule has 1 atom stereocenters. The lowest BCUT2D eigenvalue weighted by Crippen LogP contribution is -2.57. The number of rotatable bonds is 5. The SMILES string of the molecule is CN=C(NCCc1c[nH]c2c(C)cccc12)N1CCN(C(C)C(=O)N2CCCC2)CC1. The van der Waals surface area contributed by atoms with Gasteiger partial charge in [0.2, 0.25) is 5.91 Å². The summed E-state index contributed by atoms with van der Waals surface area (Å²) in [5.74, 6) is 1.25. The average molecular weight is 425 g/mol. The first kappa shape index (κ1) is 21.7. The highest BCUT2D eigenvalue weighted by Crippen LogP contribution is 2.21. The molecule has 0 spiro atoms. The van der Waals surface area contributed by atoms with E-state index in [2.05, 4.69) is 63.3 Å². The maximum Gasteiger partial charge on any atom is 0.239 e. The van der Waals surface area contributed by atoms with Crippen LogP contribution in [0.25, 0.3) is 10.9 Å². The molecular formula is C24H36N6O. The Morgan fingerprint density at radius 2 is 1.87 bits per heavy atom. The lowest BCUT2D eigenvalue weighted by atomic mass is 10.1. The van der Waals surface area contributed by atoms with Crippen LogP contribution in [0.15, 0.2) is 29.4 Å². The van der Waals surface area contributed by atoms with Gasteiger partial charge in [-0.15, -0.1) is 0 Å². The lowest BCUT2D eigenvalue weighted by molar-refractivity contribution is -0.135. The minimum atomic E-state index is -0.0273. The minimum Gasteiger partial charge on any atom is -0.361 e. The molecule has 1 amide bonds. The first-order valence-electron chi connectivity index (χ1n) is 11.6. The number of para-hydroxylation sites is 1. The smallest absolute Gasteiger partial charge is 0.239 e. The Balaban J connectivity index is 1.26. The van der Waals surface area contributed by atoms with E-state index in [0.29, 0.717) is 5.91 Å². The number of amides is 1. The van der Waals surface area contributed by atoms with E-state index >= 15 is 0 Å². The van der Waals surface area contributed by atoms with Gasteiger partial charge in [-0.05, 0) is 44.2 Å². The Morgan fingerprint density at radius 3 is 2.58 bits per heavy atom. The molecule has 1 aromatic carbocycles. The number of aromatic amines is 1. The molecule has 2 saturated heterocycles. The summed E-state index contributed by atoms with van der Waals surface area (Å²) in [6, 6.07) is 6.42. The maximum atomic E-state index is 12.7. The number of piperazine rings is 1. The zero-order valence-corrected chi connectivity index (χ0v) is 19.2. The van der Waals surface area contributed by atoms with Gasteiger partial charge in [0, 0.05) is 70.0 Å². The fourth-order valence-electron chi connectivity index (χ4n) is 4.89. The number of H-pyrrole nitrogens is 1. The van der Waals surface area contributed by atoms with Crippen molar-refractivity contribution in [2.24, 2.45) is 4.99 Å². The Bertz CT molecular complexity index is 921. The van der Waals surface area contributed by atoms with Gasteiger partial charge < -0.3 is 20.1 Å². The van der Waals surface area contributed by atoms with Crippen molar-refractivity contribution in [3.05, 3.63) is 35.5 Å². The van der Waals surface area contributed by atoms with Crippen LogP contribution in [-0.2, 0) is 11.2 Å². The number of aryl methyl sites for hydroxylation is 1. The van der Waals surface area contributed by atoms with E-state index < -0.39 is 0 Å². The number of aromatic nitrogens is 1. The normalized spacial score (nSPS) is 19.3. The zero-order valence-electron chi connectivity index (χ0n) is 19.2. The summed E-state index contributed by atoms with van der Waals surface area (Å²) in [5, 5.41) is 4.84. The van der Waals surface area contributed by atoms with Gasteiger partial charge in [-0.3, -0.25) is 14.7 Å². The topological polar surface area (TPSA) is 67.0 Å². The Kier molecular flexibility index (Phi) is 6.80. The number of hydrogen-bond acceptors (Lipinski definition) is 3. The lowest BCUT2D eigenvalue weighted by Gasteiger charge is -2.39. The van der Waals surface area contributed by atoms with Crippen LogP contribution in [0.2, 0.25) is 0 Å².